The van der Waals surface area contributed by atoms with Crippen molar-refractivity contribution < 1.29 is 14.7 Å². The van der Waals surface area contributed by atoms with Crippen LogP contribution >= 0.6 is 0 Å². The third kappa shape index (κ3) is 5.63. The molecule has 2 aromatic carbocycles. The first-order valence-electron chi connectivity index (χ1n) is 13.7. The van der Waals surface area contributed by atoms with E-state index in [0.717, 1.165) is 73.4 Å². The second kappa shape index (κ2) is 11.8. The number of hydrogen-bond donors (Lipinski definition) is 2. The highest BCUT2D eigenvalue weighted by atomic mass is 16.4. The van der Waals surface area contributed by atoms with Crippen LogP contribution in [-0.2, 0) is 24.2 Å². The molecule has 0 spiro atoms. The summed E-state index contributed by atoms with van der Waals surface area (Å²) >= 11 is 0. The molecular weight excluding hydrogens is 462 g/mol. The van der Waals surface area contributed by atoms with Crippen molar-refractivity contribution in [1.29, 1.82) is 0 Å². The van der Waals surface area contributed by atoms with Gasteiger partial charge in [0.1, 0.15) is 11.5 Å². The minimum absolute atomic E-state index is 0.0537. The maximum atomic E-state index is 13.3. The van der Waals surface area contributed by atoms with Crippen LogP contribution in [0.2, 0.25) is 0 Å². The van der Waals surface area contributed by atoms with Crippen LogP contribution in [0.25, 0.3) is 11.4 Å². The van der Waals surface area contributed by atoms with Crippen LogP contribution in [0.4, 0.5) is 5.69 Å². The van der Waals surface area contributed by atoms with Crippen molar-refractivity contribution in [3.63, 3.8) is 0 Å². The van der Waals surface area contributed by atoms with E-state index in [2.05, 4.69) is 41.9 Å². The number of unbranched alkanes of at least 4 members (excludes halogenated alkanes) is 2. The van der Waals surface area contributed by atoms with Crippen LogP contribution in [0.15, 0.2) is 42.5 Å². The Balaban J connectivity index is 1.66. The smallest absolute Gasteiger partial charge is 0.307 e. The molecule has 1 aromatic heterocycles. The zero-order valence-electron chi connectivity index (χ0n) is 22.5. The average Bonchev–Trinajstić information content (AvgIpc) is 3.46. The van der Waals surface area contributed by atoms with E-state index in [1.165, 1.54) is 11.1 Å². The molecule has 0 bridgehead atoms. The zero-order chi connectivity index (χ0) is 26.5. The first-order chi connectivity index (χ1) is 17.9. The van der Waals surface area contributed by atoms with Gasteiger partial charge in [-0.25, -0.2) is 4.98 Å². The maximum absolute atomic E-state index is 13.3. The fourth-order valence-electron chi connectivity index (χ4n) is 5.62. The summed E-state index contributed by atoms with van der Waals surface area (Å²) < 4.78 is 2.17. The van der Waals surface area contributed by atoms with Crippen LogP contribution in [0, 0.1) is 12.8 Å². The number of carbonyl (C=O) groups is 2. The van der Waals surface area contributed by atoms with Gasteiger partial charge in [-0.05, 0) is 79.8 Å². The number of amides is 1. The Hall–Kier alpha value is -3.41. The summed E-state index contributed by atoms with van der Waals surface area (Å²) in [6.07, 6.45) is 6.56. The number of benzene rings is 2. The van der Waals surface area contributed by atoms with Crippen molar-refractivity contribution in [2.45, 2.75) is 85.1 Å². The molecule has 37 heavy (non-hydrogen) atoms. The number of nitrogens with one attached hydrogen (secondary N) is 1. The average molecular weight is 502 g/mol. The van der Waals surface area contributed by atoms with Crippen molar-refractivity contribution in [2.75, 3.05) is 5.32 Å². The van der Waals surface area contributed by atoms with E-state index in [1.807, 2.05) is 38.1 Å². The van der Waals surface area contributed by atoms with Gasteiger partial charge in [-0.15, -0.1) is 0 Å². The van der Waals surface area contributed by atoms with Crippen LogP contribution in [0.3, 0.4) is 0 Å². The number of carboxylic acids is 1. The maximum Gasteiger partial charge on any atom is 0.307 e. The lowest BCUT2D eigenvalue weighted by molar-refractivity contribution is -0.142. The first-order valence-corrected chi connectivity index (χ1v) is 13.7. The molecule has 3 aromatic rings. The van der Waals surface area contributed by atoms with E-state index in [-0.39, 0.29) is 17.7 Å². The minimum Gasteiger partial charge on any atom is -0.481 e. The van der Waals surface area contributed by atoms with Crippen molar-refractivity contribution in [3.05, 3.63) is 70.5 Å². The molecule has 0 saturated heterocycles. The highest BCUT2D eigenvalue weighted by Crippen LogP contribution is 2.41. The third-order valence-corrected chi connectivity index (χ3v) is 7.81. The Labute approximate surface area is 220 Å². The fourth-order valence-corrected chi connectivity index (χ4v) is 5.62. The number of fused-ring (bicyclic) bond motifs is 1. The number of aryl methyl sites for hydroxylation is 2. The van der Waals surface area contributed by atoms with Crippen molar-refractivity contribution in [1.82, 2.24) is 9.55 Å². The van der Waals surface area contributed by atoms with Crippen molar-refractivity contribution in [3.8, 4) is 11.4 Å². The monoisotopic (exact) mass is 501 g/mol. The molecule has 1 amide bonds. The number of hydrogen-bond acceptors (Lipinski definition) is 3. The molecule has 6 heteroatoms. The Kier molecular flexibility index (Phi) is 8.47. The number of nitrogens with zero attached hydrogens (tertiary/aromatic N) is 2. The van der Waals surface area contributed by atoms with Gasteiger partial charge in [0.05, 0.1) is 5.92 Å². The van der Waals surface area contributed by atoms with Gasteiger partial charge in [-0.1, -0.05) is 57.9 Å². The van der Waals surface area contributed by atoms with E-state index < -0.39 is 5.97 Å². The summed E-state index contributed by atoms with van der Waals surface area (Å²) in [5.41, 5.74) is 6.62. The van der Waals surface area contributed by atoms with Gasteiger partial charge in [0.2, 0.25) is 0 Å². The van der Waals surface area contributed by atoms with Gasteiger partial charge >= 0.3 is 5.97 Å². The molecule has 0 radical (unpaired) electrons. The van der Waals surface area contributed by atoms with Crippen molar-refractivity contribution >= 4 is 17.6 Å². The number of anilines is 1. The Morgan fingerprint density at radius 1 is 1.11 bits per heavy atom. The van der Waals surface area contributed by atoms with Crippen LogP contribution in [0.1, 0.15) is 91.7 Å². The Bertz CT molecular complexity index is 1260. The Morgan fingerprint density at radius 2 is 1.86 bits per heavy atom. The van der Waals surface area contributed by atoms with Crippen LogP contribution in [-0.4, -0.2) is 26.5 Å². The van der Waals surface area contributed by atoms with Gasteiger partial charge in [-0.3, -0.25) is 9.59 Å². The van der Waals surface area contributed by atoms with Gasteiger partial charge in [0, 0.05) is 23.5 Å². The number of aliphatic carboxylic acids is 1. The molecule has 1 aliphatic rings. The second-order valence-electron chi connectivity index (χ2n) is 10.1. The molecule has 6 nitrogen and oxygen atoms in total. The quantitative estimate of drug-likeness (QED) is 0.277. The topological polar surface area (TPSA) is 84.2 Å². The number of carbonyl (C=O) groups excluding carboxylic acids is 1. The summed E-state index contributed by atoms with van der Waals surface area (Å²) in [4.78, 5) is 29.9. The predicted molar refractivity (Wildman–Crippen MR) is 148 cm³/mol. The summed E-state index contributed by atoms with van der Waals surface area (Å²) in [5, 5.41) is 12.7. The predicted octanol–water partition coefficient (Wildman–Crippen LogP) is 7.00. The molecule has 0 fully saturated rings. The molecule has 4 rings (SSSR count). The summed E-state index contributed by atoms with van der Waals surface area (Å²) in [6.45, 7) is 9.02. The molecule has 2 atom stereocenters. The van der Waals surface area contributed by atoms with E-state index in [9.17, 15) is 14.7 Å². The largest absolute Gasteiger partial charge is 0.481 e. The lowest BCUT2D eigenvalue weighted by Crippen LogP contribution is -2.19. The number of carboxylic acid groups (broad SMARTS) is 1. The highest BCUT2D eigenvalue weighted by Gasteiger charge is 2.33. The molecule has 1 heterocycles. The van der Waals surface area contributed by atoms with Gasteiger partial charge in [0.15, 0.2) is 0 Å². The summed E-state index contributed by atoms with van der Waals surface area (Å²) in [5.74, 6) is -0.418. The van der Waals surface area contributed by atoms with E-state index in [0.29, 0.717) is 12.1 Å². The standard InChI is InChI=1S/C31H39N3O3/c1-5-8-9-18-34-20(4)28(30(35)32-24-14-10-21(6-2)11-15-24)33-29(34)23-13-16-26-22(19-23)12-17-27(26)25(7-3)31(36)37/h10-11,13-16,19,25,27H,5-9,12,17-18H2,1-4H3,(H,32,35)(H,36,37). The molecule has 0 saturated carbocycles. The molecule has 2 N–H and O–H groups in total. The Morgan fingerprint density at radius 3 is 2.51 bits per heavy atom. The summed E-state index contributed by atoms with van der Waals surface area (Å²) in [6, 6.07) is 14.2. The summed E-state index contributed by atoms with van der Waals surface area (Å²) in [7, 11) is 0. The zero-order valence-corrected chi connectivity index (χ0v) is 22.5. The van der Waals surface area contributed by atoms with Gasteiger partial charge in [-0.2, -0.15) is 0 Å². The number of imidazole rings is 1. The van der Waals surface area contributed by atoms with Crippen molar-refractivity contribution in [2.24, 2.45) is 5.92 Å². The lowest BCUT2D eigenvalue weighted by Gasteiger charge is -2.19. The normalized spacial score (nSPS) is 15.4. The fraction of sp³-hybridized carbons (Fsp3) is 0.452. The van der Waals surface area contributed by atoms with Gasteiger partial charge in [0.25, 0.3) is 5.91 Å². The molecule has 0 aliphatic heterocycles. The van der Waals surface area contributed by atoms with Crippen LogP contribution < -0.4 is 5.32 Å². The third-order valence-electron chi connectivity index (χ3n) is 7.81. The van der Waals surface area contributed by atoms with E-state index >= 15 is 0 Å². The van der Waals surface area contributed by atoms with E-state index in [4.69, 9.17) is 4.98 Å². The molecule has 196 valence electrons. The van der Waals surface area contributed by atoms with E-state index in [1.54, 1.807) is 0 Å². The molecule has 1 aliphatic carbocycles. The second-order valence-corrected chi connectivity index (χ2v) is 10.1. The number of rotatable bonds is 11. The minimum atomic E-state index is -0.716. The number of aromatic nitrogens is 2. The lowest BCUT2D eigenvalue weighted by atomic mass is 9.85. The molecular formula is C31H39N3O3. The molecule has 2 unspecified atom stereocenters. The van der Waals surface area contributed by atoms with Crippen LogP contribution in [0.5, 0.6) is 0 Å². The SMILES string of the molecule is CCCCCn1c(-c2ccc3c(c2)CCC3C(CC)C(=O)O)nc(C(=O)Nc2ccc(CC)cc2)c1C. The first kappa shape index (κ1) is 26.6. The van der Waals surface area contributed by atoms with Gasteiger partial charge < -0.3 is 15.0 Å². The highest BCUT2D eigenvalue weighted by molar-refractivity contribution is 6.04.